The molecular formula is C10H18N4O4S. The molecule has 0 fully saturated rings. The minimum absolute atomic E-state index is 0.0144. The summed E-state index contributed by atoms with van der Waals surface area (Å²) in [6.45, 7) is 1.98. The van der Waals surface area contributed by atoms with Crippen LogP contribution in [0.2, 0.25) is 0 Å². The number of rotatable bonds is 10. The van der Waals surface area contributed by atoms with Gasteiger partial charge >= 0.3 is 5.97 Å². The number of hydrogen-bond acceptors (Lipinski definition) is 8. The van der Waals surface area contributed by atoms with Crippen molar-refractivity contribution in [1.29, 1.82) is 0 Å². The molecule has 0 aromatic carbocycles. The molecule has 8 nitrogen and oxygen atoms in total. The second-order valence-corrected chi connectivity index (χ2v) is 4.56. The van der Waals surface area contributed by atoms with Crippen molar-refractivity contribution in [3.63, 3.8) is 0 Å². The molecule has 0 atom stereocenters. The molecular weight excluding hydrogens is 272 g/mol. The van der Waals surface area contributed by atoms with Gasteiger partial charge < -0.3 is 14.2 Å². The zero-order valence-electron chi connectivity index (χ0n) is 11.1. The molecule has 0 radical (unpaired) electrons. The average Bonchev–Trinajstić information content (AvgIpc) is 2.85. The molecule has 0 unspecified atom stereocenters. The van der Waals surface area contributed by atoms with Crippen LogP contribution in [0.4, 0.5) is 0 Å². The normalized spacial score (nSPS) is 10.6. The third kappa shape index (κ3) is 6.50. The number of tetrazole rings is 1. The Morgan fingerprint density at radius 3 is 2.89 bits per heavy atom. The van der Waals surface area contributed by atoms with E-state index in [2.05, 4.69) is 20.3 Å². The molecule has 19 heavy (non-hydrogen) atoms. The standard InChI is InChI=1S/C10H18N4O4S/c1-16-4-3-5-18-6-7-19-10-11-12-13-14(10)8-9(15)17-2/h3-8H2,1-2H3. The van der Waals surface area contributed by atoms with Crippen LogP contribution in [0.5, 0.6) is 0 Å². The number of carbonyl (C=O) groups excluding carboxylic acids is 1. The Bertz CT molecular complexity index is 374. The molecule has 0 aliphatic carbocycles. The van der Waals surface area contributed by atoms with E-state index in [0.717, 1.165) is 6.42 Å². The average molecular weight is 290 g/mol. The van der Waals surface area contributed by atoms with Crippen molar-refractivity contribution >= 4 is 17.7 Å². The van der Waals surface area contributed by atoms with Crippen molar-refractivity contribution in [3.05, 3.63) is 0 Å². The predicted octanol–water partition coefficient (Wildman–Crippen LogP) is -0.00870. The van der Waals surface area contributed by atoms with Crippen LogP contribution in [0.1, 0.15) is 6.42 Å². The highest BCUT2D eigenvalue weighted by atomic mass is 32.2. The number of methoxy groups -OCH3 is 2. The van der Waals surface area contributed by atoms with Crippen molar-refractivity contribution < 1.29 is 19.0 Å². The number of esters is 1. The molecule has 0 aliphatic heterocycles. The molecule has 0 spiro atoms. The Kier molecular flexibility index (Phi) is 8.10. The smallest absolute Gasteiger partial charge is 0.327 e. The quantitative estimate of drug-likeness (QED) is 0.338. The van der Waals surface area contributed by atoms with Crippen molar-refractivity contribution in [2.45, 2.75) is 18.1 Å². The summed E-state index contributed by atoms with van der Waals surface area (Å²) in [5.74, 6) is 0.333. The topological polar surface area (TPSA) is 88.4 Å². The van der Waals surface area contributed by atoms with Crippen molar-refractivity contribution in [3.8, 4) is 0 Å². The largest absolute Gasteiger partial charge is 0.468 e. The van der Waals surface area contributed by atoms with Gasteiger partial charge in [0.25, 0.3) is 0 Å². The van der Waals surface area contributed by atoms with Gasteiger partial charge in [0.2, 0.25) is 5.16 Å². The molecule has 0 bridgehead atoms. The first-order chi connectivity index (χ1) is 9.27. The molecule has 0 amide bonds. The highest BCUT2D eigenvalue weighted by molar-refractivity contribution is 7.99. The number of nitrogens with zero attached hydrogens (tertiary/aromatic N) is 4. The lowest BCUT2D eigenvalue weighted by Crippen LogP contribution is -2.14. The predicted molar refractivity (Wildman–Crippen MR) is 67.9 cm³/mol. The molecule has 0 saturated carbocycles. The second-order valence-electron chi connectivity index (χ2n) is 3.50. The van der Waals surface area contributed by atoms with E-state index in [-0.39, 0.29) is 12.5 Å². The van der Waals surface area contributed by atoms with Gasteiger partial charge in [-0.3, -0.25) is 4.79 Å². The number of hydrogen-bond donors (Lipinski definition) is 0. The summed E-state index contributed by atoms with van der Waals surface area (Å²) in [7, 11) is 2.99. The van der Waals surface area contributed by atoms with Gasteiger partial charge in [0, 0.05) is 26.1 Å². The van der Waals surface area contributed by atoms with Gasteiger partial charge in [0.15, 0.2) is 0 Å². The summed E-state index contributed by atoms with van der Waals surface area (Å²) < 4.78 is 16.3. The van der Waals surface area contributed by atoms with Gasteiger partial charge in [0.1, 0.15) is 6.54 Å². The van der Waals surface area contributed by atoms with Gasteiger partial charge in [-0.15, -0.1) is 5.10 Å². The zero-order valence-corrected chi connectivity index (χ0v) is 11.9. The third-order valence-electron chi connectivity index (χ3n) is 2.10. The molecule has 0 N–H and O–H groups in total. The van der Waals surface area contributed by atoms with E-state index >= 15 is 0 Å². The van der Waals surface area contributed by atoms with E-state index in [1.54, 1.807) is 7.11 Å². The molecule has 0 saturated heterocycles. The highest BCUT2D eigenvalue weighted by Crippen LogP contribution is 2.13. The molecule has 0 aliphatic rings. The van der Waals surface area contributed by atoms with Gasteiger partial charge in [-0.1, -0.05) is 11.8 Å². The van der Waals surface area contributed by atoms with Crippen LogP contribution >= 0.6 is 11.8 Å². The molecule has 1 heterocycles. The van der Waals surface area contributed by atoms with E-state index in [9.17, 15) is 4.79 Å². The Morgan fingerprint density at radius 1 is 1.32 bits per heavy atom. The fraction of sp³-hybridized carbons (Fsp3) is 0.800. The first-order valence-electron chi connectivity index (χ1n) is 5.80. The highest BCUT2D eigenvalue weighted by Gasteiger charge is 2.10. The summed E-state index contributed by atoms with van der Waals surface area (Å²) in [6, 6.07) is 0. The van der Waals surface area contributed by atoms with Crippen LogP contribution in [0.3, 0.4) is 0 Å². The maximum absolute atomic E-state index is 11.1. The lowest BCUT2D eigenvalue weighted by atomic mass is 10.5. The fourth-order valence-corrected chi connectivity index (χ4v) is 1.91. The minimum atomic E-state index is -0.384. The molecule has 1 aromatic rings. The van der Waals surface area contributed by atoms with Crippen LogP contribution in [0.25, 0.3) is 0 Å². The van der Waals surface area contributed by atoms with Crippen molar-refractivity contribution in [2.75, 3.05) is 39.8 Å². The van der Waals surface area contributed by atoms with E-state index < -0.39 is 0 Å². The molecule has 108 valence electrons. The van der Waals surface area contributed by atoms with Gasteiger partial charge in [-0.2, -0.15) is 0 Å². The van der Waals surface area contributed by atoms with E-state index in [4.69, 9.17) is 9.47 Å². The van der Waals surface area contributed by atoms with E-state index in [0.29, 0.717) is 30.7 Å². The Balaban J connectivity index is 2.19. The van der Waals surface area contributed by atoms with Crippen LogP contribution < -0.4 is 0 Å². The Hall–Kier alpha value is -1.19. The maximum atomic E-state index is 11.1. The zero-order chi connectivity index (χ0) is 13.9. The number of thioether (sulfide) groups is 1. The summed E-state index contributed by atoms with van der Waals surface area (Å²) >= 11 is 1.43. The van der Waals surface area contributed by atoms with Crippen molar-refractivity contribution in [1.82, 2.24) is 20.2 Å². The van der Waals surface area contributed by atoms with Crippen molar-refractivity contribution in [2.24, 2.45) is 0 Å². The minimum Gasteiger partial charge on any atom is -0.468 e. The third-order valence-corrected chi connectivity index (χ3v) is 3.02. The van der Waals surface area contributed by atoms with Gasteiger partial charge in [0.05, 0.1) is 13.7 Å². The van der Waals surface area contributed by atoms with Gasteiger partial charge in [-0.25, -0.2) is 4.68 Å². The first kappa shape index (κ1) is 15.9. The van der Waals surface area contributed by atoms with E-state index in [1.165, 1.54) is 23.6 Å². The van der Waals surface area contributed by atoms with Gasteiger partial charge in [-0.05, 0) is 16.8 Å². The van der Waals surface area contributed by atoms with Crippen LogP contribution in [0.15, 0.2) is 5.16 Å². The maximum Gasteiger partial charge on any atom is 0.327 e. The first-order valence-corrected chi connectivity index (χ1v) is 6.79. The second kappa shape index (κ2) is 9.70. The Morgan fingerprint density at radius 2 is 2.16 bits per heavy atom. The summed E-state index contributed by atoms with van der Waals surface area (Å²) in [6.07, 6.45) is 0.876. The summed E-state index contributed by atoms with van der Waals surface area (Å²) in [4.78, 5) is 11.1. The Labute approximate surface area is 115 Å². The van der Waals surface area contributed by atoms with Crippen LogP contribution in [-0.4, -0.2) is 66.0 Å². The number of carbonyl (C=O) groups is 1. The number of aromatic nitrogens is 4. The molecule has 1 rings (SSSR count). The number of ether oxygens (including phenoxy) is 3. The van der Waals surface area contributed by atoms with Crippen LogP contribution in [-0.2, 0) is 25.5 Å². The lowest BCUT2D eigenvalue weighted by Gasteiger charge is -2.04. The SMILES string of the molecule is COCCCOCCSc1nnnn1CC(=O)OC. The van der Waals surface area contributed by atoms with E-state index in [1.807, 2.05) is 0 Å². The lowest BCUT2D eigenvalue weighted by molar-refractivity contribution is -0.141. The van der Waals surface area contributed by atoms with Crippen LogP contribution in [0, 0.1) is 0 Å². The summed E-state index contributed by atoms with van der Waals surface area (Å²) in [5, 5.41) is 11.7. The fourth-order valence-electron chi connectivity index (χ4n) is 1.19. The molecule has 1 aromatic heterocycles. The molecule has 9 heteroatoms. The summed E-state index contributed by atoms with van der Waals surface area (Å²) in [5.41, 5.74) is 0. The monoisotopic (exact) mass is 290 g/mol.